The average Bonchev–Trinajstić information content (AvgIpc) is 2.94. The molecule has 0 aromatic heterocycles. The number of carbonyl (C=O) groups is 2. The highest BCUT2D eigenvalue weighted by Crippen LogP contribution is 2.51. The number of phenols is 1. The van der Waals surface area contributed by atoms with E-state index in [-0.39, 0.29) is 30.1 Å². The Hall–Kier alpha value is -3.84. The number of aromatic hydroxyl groups is 1. The molecule has 1 aliphatic heterocycles. The number of allylic oxidation sites excluding steroid dienone is 1. The van der Waals surface area contributed by atoms with Gasteiger partial charge in [0.1, 0.15) is 24.2 Å². The van der Waals surface area contributed by atoms with Crippen molar-refractivity contribution in [1.82, 2.24) is 0 Å². The summed E-state index contributed by atoms with van der Waals surface area (Å²) >= 11 is 0. The lowest BCUT2D eigenvalue weighted by Gasteiger charge is -2.44. The number of hydrogen-bond donors (Lipinski definition) is 1. The number of benzene rings is 1. The first-order valence-electron chi connectivity index (χ1n) is 10.4. The number of methoxy groups -OCH3 is 2. The zero-order chi connectivity index (χ0) is 24.7. The van der Waals surface area contributed by atoms with Crippen LogP contribution in [0.5, 0.6) is 5.75 Å². The van der Waals surface area contributed by atoms with Crippen LogP contribution in [0.1, 0.15) is 31.7 Å². The van der Waals surface area contributed by atoms with E-state index in [0.29, 0.717) is 23.4 Å². The number of amides is 1. The number of ether oxygens (including phenoxy) is 3. The zero-order valence-electron chi connectivity index (χ0n) is 19.3. The van der Waals surface area contributed by atoms with Gasteiger partial charge in [-0.25, -0.2) is 9.59 Å². The molecule has 1 N–H and O–H groups in total. The molecule has 0 radical (unpaired) electrons. The maximum absolute atomic E-state index is 12.9. The first kappa shape index (κ1) is 25.4. The van der Waals surface area contributed by atoms with Crippen LogP contribution in [0.15, 0.2) is 42.2 Å². The van der Waals surface area contributed by atoms with Gasteiger partial charge in [0.25, 0.3) is 0 Å². The Kier molecular flexibility index (Phi) is 8.59. The minimum absolute atomic E-state index is 0.0816. The van der Waals surface area contributed by atoms with Crippen molar-refractivity contribution in [1.29, 1.82) is 0 Å². The van der Waals surface area contributed by atoms with Gasteiger partial charge < -0.3 is 19.3 Å². The summed E-state index contributed by atoms with van der Waals surface area (Å²) in [6, 6.07) is 4.45. The summed E-state index contributed by atoms with van der Waals surface area (Å²) in [5, 5.41) is 10.2. The van der Waals surface area contributed by atoms with Gasteiger partial charge >= 0.3 is 12.1 Å². The summed E-state index contributed by atoms with van der Waals surface area (Å²) in [4.78, 5) is 26.7. The maximum Gasteiger partial charge on any atom is 0.415 e. The number of terminal acetylenes is 1. The third-order valence-corrected chi connectivity index (χ3v) is 5.92. The number of esters is 1. The van der Waals surface area contributed by atoms with E-state index in [4.69, 9.17) is 14.2 Å². The van der Waals surface area contributed by atoms with Crippen LogP contribution in [-0.4, -0.2) is 44.0 Å². The highest BCUT2D eigenvalue weighted by molar-refractivity contribution is 5.92. The molecule has 2 aliphatic rings. The van der Waals surface area contributed by atoms with Crippen LogP contribution in [0.25, 0.3) is 0 Å². The molecule has 0 fully saturated rings. The molecule has 0 saturated heterocycles. The van der Waals surface area contributed by atoms with Gasteiger partial charge in [0.05, 0.1) is 25.5 Å². The van der Waals surface area contributed by atoms with Gasteiger partial charge in [-0.2, -0.15) is 0 Å². The van der Waals surface area contributed by atoms with Crippen LogP contribution < -0.4 is 4.90 Å². The fraction of sp³-hybridized carbons (Fsp3) is 0.385. The number of phenolic OH excluding ortho intramolecular Hbond substituents is 1. The first-order chi connectivity index (χ1) is 15.8. The quantitative estimate of drug-likeness (QED) is 0.240. The first-order valence-corrected chi connectivity index (χ1v) is 10.4. The van der Waals surface area contributed by atoms with Crippen molar-refractivity contribution in [2.75, 3.05) is 25.7 Å². The zero-order valence-corrected chi connectivity index (χ0v) is 19.3. The Morgan fingerprint density at radius 3 is 2.61 bits per heavy atom. The van der Waals surface area contributed by atoms with Crippen molar-refractivity contribution in [3.05, 3.63) is 47.7 Å². The smallest absolute Gasteiger partial charge is 0.415 e. The number of rotatable bonds is 5. The Bertz CT molecular complexity index is 1030. The molecule has 1 heterocycles. The predicted molar refractivity (Wildman–Crippen MR) is 125 cm³/mol. The largest absolute Gasteiger partial charge is 0.508 e. The minimum atomic E-state index is -0.525. The molecule has 1 amide bonds. The van der Waals surface area contributed by atoms with Crippen molar-refractivity contribution in [2.24, 2.45) is 11.8 Å². The number of fused-ring (bicyclic) bond motifs is 4. The van der Waals surface area contributed by atoms with Crippen LogP contribution in [0.4, 0.5) is 10.5 Å². The van der Waals surface area contributed by atoms with E-state index < -0.39 is 18.1 Å². The van der Waals surface area contributed by atoms with Gasteiger partial charge in [0, 0.05) is 18.3 Å². The second-order valence-electron chi connectivity index (χ2n) is 7.63. The normalized spacial score (nSPS) is 23.0. The molecule has 4 atom stereocenters. The highest BCUT2D eigenvalue weighted by Gasteiger charge is 2.47. The van der Waals surface area contributed by atoms with Gasteiger partial charge in [0.15, 0.2) is 0 Å². The van der Waals surface area contributed by atoms with Crippen molar-refractivity contribution in [3.8, 4) is 30.4 Å². The lowest BCUT2D eigenvalue weighted by atomic mass is 9.70. The van der Waals surface area contributed by atoms with Crippen molar-refractivity contribution < 1.29 is 28.9 Å². The summed E-state index contributed by atoms with van der Waals surface area (Å²) in [7, 11) is 2.85. The van der Waals surface area contributed by atoms with Gasteiger partial charge in [-0.3, -0.25) is 4.90 Å². The molecule has 0 saturated carbocycles. The lowest BCUT2D eigenvalue weighted by Crippen LogP contribution is -2.49. The Morgan fingerprint density at radius 2 is 2.00 bits per heavy atom. The molecular formula is C26H29NO6. The molecule has 3 rings (SSSR count). The molecule has 174 valence electrons. The maximum atomic E-state index is 12.9. The molecular weight excluding hydrogens is 422 g/mol. The number of nitrogens with zero attached hydrogens (tertiary/aromatic N) is 1. The SMILES string of the molecule is C#C.C=CCOC(=O)N1c2ccc(O)cc2C2C(/C(OC)=C(\C)C(=O)OC)CC#CC1C2C. The second-order valence-corrected chi connectivity index (χ2v) is 7.63. The summed E-state index contributed by atoms with van der Waals surface area (Å²) in [5.74, 6) is 5.93. The van der Waals surface area contributed by atoms with Crippen LogP contribution in [0.3, 0.4) is 0 Å². The van der Waals surface area contributed by atoms with Gasteiger partial charge in [0.2, 0.25) is 0 Å². The third kappa shape index (κ3) is 4.83. The fourth-order valence-corrected chi connectivity index (χ4v) is 4.58. The van der Waals surface area contributed by atoms with E-state index in [9.17, 15) is 14.7 Å². The van der Waals surface area contributed by atoms with E-state index in [2.05, 4.69) is 31.3 Å². The monoisotopic (exact) mass is 451 g/mol. The number of carbonyl (C=O) groups excluding carboxylic acids is 2. The number of hydrogen-bond acceptors (Lipinski definition) is 6. The highest BCUT2D eigenvalue weighted by atomic mass is 16.6. The number of anilines is 1. The van der Waals surface area contributed by atoms with Gasteiger partial charge in [-0.05, 0) is 36.6 Å². The van der Waals surface area contributed by atoms with Crippen LogP contribution in [0.2, 0.25) is 0 Å². The molecule has 2 bridgehead atoms. The topological polar surface area (TPSA) is 85.3 Å². The molecule has 7 heteroatoms. The Morgan fingerprint density at radius 1 is 1.30 bits per heavy atom. The minimum Gasteiger partial charge on any atom is -0.508 e. The molecule has 0 spiro atoms. The van der Waals surface area contributed by atoms with Crippen LogP contribution in [-0.2, 0) is 19.0 Å². The Labute approximate surface area is 195 Å². The van der Waals surface area contributed by atoms with Crippen molar-refractivity contribution in [3.63, 3.8) is 0 Å². The van der Waals surface area contributed by atoms with E-state index in [0.717, 1.165) is 5.56 Å². The van der Waals surface area contributed by atoms with Gasteiger partial charge in [-0.1, -0.05) is 25.5 Å². The van der Waals surface area contributed by atoms with E-state index in [1.54, 1.807) is 19.1 Å². The average molecular weight is 452 g/mol. The molecule has 7 nitrogen and oxygen atoms in total. The van der Waals surface area contributed by atoms with E-state index in [1.807, 2.05) is 6.92 Å². The second kappa shape index (κ2) is 11.2. The van der Waals surface area contributed by atoms with E-state index in [1.165, 1.54) is 31.3 Å². The Balaban J connectivity index is 0.00000187. The van der Waals surface area contributed by atoms with Crippen molar-refractivity contribution >= 4 is 17.7 Å². The lowest BCUT2D eigenvalue weighted by molar-refractivity contribution is -0.136. The predicted octanol–water partition coefficient (Wildman–Crippen LogP) is 3.99. The van der Waals surface area contributed by atoms with E-state index >= 15 is 0 Å². The molecule has 1 aromatic rings. The molecule has 1 aliphatic carbocycles. The summed E-state index contributed by atoms with van der Waals surface area (Å²) in [6.45, 7) is 7.34. The molecule has 33 heavy (non-hydrogen) atoms. The van der Waals surface area contributed by atoms with Crippen LogP contribution in [0, 0.1) is 36.5 Å². The molecule has 4 unspecified atom stereocenters. The molecule has 1 aromatic carbocycles. The summed E-state index contributed by atoms with van der Waals surface area (Å²) < 4.78 is 15.9. The van der Waals surface area contributed by atoms with Crippen molar-refractivity contribution in [2.45, 2.75) is 32.2 Å². The summed E-state index contributed by atoms with van der Waals surface area (Å²) in [6.07, 6.45) is 9.41. The van der Waals surface area contributed by atoms with Crippen LogP contribution >= 0.6 is 0 Å². The summed E-state index contributed by atoms with van der Waals surface area (Å²) in [5.41, 5.74) is 1.76. The standard InChI is InChI=1S/C24H27NO6.C2H2/c1-6-12-31-24(28)25-19-9-7-8-17(22(29-4)15(3)23(27)30-5)21(14(19)2)18-13-16(26)10-11-20(18)25;1-2/h6,10-11,13-14,17,19,21,26H,1,8,12H2,2-5H3;1-2H/b22-15-;. The fourth-order valence-electron chi connectivity index (χ4n) is 4.58. The third-order valence-electron chi connectivity index (χ3n) is 5.92. The van der Waals surface area contributed by atoms with Gasteiger partial charge in [-0.15, -0.1) is 18.8 Å².